The third-order valence-corrected chi connectivity index (χ3v) is 7.35. The van der Waals surface area contributed by atoms with Gasteiger partial charge in [0, 0.05) is 55.1 Å². The molecule has 4 rings (SSSR count). The number of carbonyl (C=O) groups excluding carboxylic acids is 1. The number of aryl methyl sites for hydroxylation is 2. The molecule has 1 aromatic carbocycles. The largest absolute Gasteiger partial charge is 0.421 e. The van der Waals surface area contributed by atoms with Crippen molar-refractivity contribution in [2.75, 3.05) is 31.1 Å². The normalized spacial score (nSPS) is 19.5. The number of hydrogen-bond acceptors (Lipinski definition) is 6. The Kier molecular flexibility index (Phi) is 7.10. The Morgan fingerprint density at radius 3 is 2.60 bits per heavy atom. The molecule has 2 aliphatic rings. The molecule has 1 amide bonds. The first kappa shape index (κ1) is 21.4. The van der Waals surface area contributed by atoms with Gasteiger partial charge in [0.2, 0.25) is 17.7 Å². The van der Waals surface area contributed by atoms with Crippen LogP contribution in [0, 0.1) is 6.92 Å². The van der Waals surface area contributed by atoms with Gasteiger partial charge in [-0.25, -0.2) is 0 Å². The van der Waals surface area contributed by atoms with E-state index in [0.717, 1.165) is 25.2 Å². The molecule has 162 valence electrons. The van der Waals surface area contributed by atoms with Crippen LogP contribution < -0.4 is 5.32 Å². The van der Waals surface area contributed by atoms with Gasteiger partial charge in [0.25, 0.3) is 0 Å². The van der Waals surface area contributed by atoms with E-state index >= 15 is 0 Å². The maximum Gasteiger partial charge on any atom is 0.247 e. The van der Waals surface area contributed by atoms with Gasteiger partial charge in [0.05, 0.1) is 0 Å². The molecule has 2 heterocycles. The summed E-state index contributed by atoms with van der Waals surface area (Å²) in [7, 11) is 0. The average Bonchev–Trinajstić information content (AvgIpc) is 3.27. The summed E-state index contributed by atoms with van der Waals surface area (Å²) in [6, 6.07) is 7.99. The van der Waals surface area contributed by atoms with Gasteiger partial charge in [-0.3, -0.25) is 9.69 Å². The summed E-state index contributed by atoms with van der Waals surface area (Å²) in [4.78, 5) is 15.2. The number of rotatable bonds is 7. The zero-order valence-electron chi connectivity index (χ0n) is 17.9. The highest BCUT2D eigenvalue weighted by molar-refractivity contribution is 7.99. The molecule has 0 unspecified atom stereocenters. The van der Waals surface area contributed by atoms with Crippen LogP contribution in [0.2, 0.25) is 0 Å². The molecule has 6 nitrogen and oxygen atoms in total. The molecular formula is C23H32N4O2S. The maximum atomic E-state index is 12.6. The van der Waals surface area contributed by atoms with Crippen molar-refractivity contribution >= 4 is 17.7 Å². The van der Waals surface area contributed by atoms with Crippen LogP contribution in [-0.2, 0) is 11.2 Å². The predicted octanol–water partition coefficient (Wildman–Crippen LogP) is 3.85. The minimum absolute atomic E-state index is 0.0708. The highest BCUT2D eigenvalue weighted by atomic mass is 32.2. The third kappa shape index (κ3) is 5.24. The standard InChI is InChI=1S/C23H32N4O2S/c1-18-5-7-19(8-6-18)22-26-25-21(29-22)10-9-20(28)24-17-23(11-3-2-4-12-23)27-13-15-30-16-14-27/h5-8H,2-4,9-17H2,1H3,(H,24,28). The molecule has 1 aliphatic carbocycles. The van der Waals surface area contributed by atoms with Gasteiger partial charge in [0.15, 0.2) is 0 Å². The molecule has 0 radical (unpaired) electrons. The monoisotopic (exact) mass is 428 g/mol. The molecular weight excluding hydrogens is 396 g/mol. The summed E-state index contributed by atoms with van der Waals surface area (Å²) in [6.45, 7) is 5.09. The van der Waals surface area contributed by atoms with E-state index in [1.54, 1.807) is 0 Å². The summed E-state index contributed by atoms with van der Waals surface area (Å²) < 4.78 is 5.76. The highest BCUT2D eigenvalue weighted by Crippen LogP contribution is 2.34. The number of benzene rings is 1. The topological polar surface area (TPSA) is 71.3 Å². The second kappa shape index (κ2) is 9.96. The number of carbonyl (C=O) groups is 1. The Morgan fingerprint density at radius 2 is 1.87 bits per heavy atom. The Hall–Kier alpha value is -1.86. The second-order valence-electron chi connectivity index (χ2n) is 8.53. The van der Waals surface area contributed by atoms with Gasteiger partial charge in [-0.1, -0.05) is 37.0 Å². The third-order valence-electron chi connectivity index (χ3n) is 6.41. The molecule has 2 aromatic rings. The van der Waals surface area contributed by atoms with Gasteiger partial charge in [0.1, 0.15) is 0 Å². The van der Waals surface area contributed by atoms with Crippen molar-refractivity contribution in [3.05, 3.63) is 35.7 Å². The zero-order chi connectivity index (χ0) is 20.8. The van der Waals surface area contributed by atoms with Crippen molar-refractivity contribution in [1.82, 2.24) is 20.4 Å². The maximum absolute atomic E-state index is 12.6. The Bertz CT molecular complexity index is 824. The molecule has 0 atom stereocenters. The van der Waals surface area contributed by atoms with Crippen molar-refractivity contribution in [2.24, 2.45) is 0 Å². The van der Waals surface area contributed by atoms with E-state index < -0.39 is 0 Å². The SMILES string of the molecule is Cc1ccc(-c2nnc(CCC(=O)NCC3(N4CCSCC4)CCCCC3)o2)cc1. The predicted molar refractivity (Wildman–Crippen MR) is 121 cm³/mol. The fourth-order valence-electron chi connectivity index (χ4n) is 4.59. The summed E-state index contributed by atoms with van der Waals surface area (Å²) >= 11 is 2.04. The summed E-state index contributed by atoms with van der Waals surface area (Å²) in [5.41, 5.74) is 2.25. The number of hydrogen-bond donors (Lipinski definition) is 1. The molecule has 1 aromatic heterocycles. The first-order chi connectivity index (χ1) is 14.6. The van der Waals surface area contributed by atoms with Crippen LogP contribution >= 0.6 is 11.8 Å². The molecule has 30 heavy (non-hydrogen) atoms. The van der Waals surface area contributed by atoms with Gasteiger partial charge >= 0.3 is 0 Å². The minimum Gasteiger partial charge on any atom is -0.421 e. The number of thioether (sulfide) groups is 1. The fourth-order valence-corrected chi connectivity index (χ4v) is 5.49. The van der Waals surface area contributed by atoms with Crippen molar-refractivity contribution < 1.29 is 9.21 Å². The molecule has 1 saturated heterocycles. The molecule has 1 N–H and O–H groups in total. The number of nitrogens with one attached hydrogen (secondary N) is 1. The Labute approximate surface area is 183 Å². The van der Waals surface area contributed by atoms with Crippen molar-refractivity contribution in [1.29, 1.82) is 0 Å². The average molecular weight is 429 g/mol. The van der Waals surface area contributed by atoms with Gasteiger partial charge in [-0.05, 0) is 31.9 Å². The van der Waals surface area contributed by atoms with Gasteiger partial charge < -0.3 is 9.73 Å². The molecule has 1 saturated carbocycles. The fraction of sp³-hybridized carbons (Fsp3) is 0.609. The summed E-state index contributed by atoms with van der Waals surface area (Å²) in [5.74, 6) is 3.50. The van der Waals surface area contributed by atoms with Crippen LogP contribution in [-0.4, -0.2) is 57.7 Å². The number of amides is 1. The van der Waals surface area contributed by atoms with E-state index in [1.165, 1.54) is 49.2 Å². The van der Waals surface area contributed by atoms with Crippen LogP contribution in [0.3, 0.4) is 0 Å². The zero-order valence-corrected chi connectivity index (χ0v) is 18.7. The van der Waals surface area contributed by atoms with Crippen LogP contribution in [0.5, 0.6) is 0 Å². The van der Waals surface area contributed by atoms with Crippen molar-refractivity contribution in [3.8, 4) is 11.5 Å². The summed E-state index contributed by atoms with van der Waals surface area (Å²) in [5, 5.41) is 11.5. The van der Waals surface area contributed by atoms with E-state index in [9.17, 15) is 4.79 Å². The van der Waals surface area contributed by atoms with E-state index in [0.29, 0.717) is 24.6 Å². The Morgan fingerprint density at radius 1 is 1.13 bits per heavy atom. The van der Waals surface area contributed by atoms with E-state index in [4.69, 9.17) is 4.42 Å². The lowest BCUT2D eigenvalue weighted by Gasteiger charge is -2.48. The van der Waals surface area contributed by atoms with Crippen LogP contribution in [0.15, 0.2) is 28.7 Å². The second-order valence-corrected chi connectivity index (χ2v) is 9.75. The quantitative estimate of drug-likeness (QED) is 0.722. The van der Waals surface area contributed by atoms with Crippen LogP contribution in [0.4, 0.5) is 0 Å². The van der Waals surface area contributed by atoms with E-state index in [-0.39, 0.29) is 11.4 Å². The smallest absolute Gasteiger partial charge is 0.247 e. The van der Waals surface area contributed by atoms with E-state index in [1.807, 2.05) is 43.0 Å². The molecule has 0 spiro atoms. The number of nitrogens with zero attached hydrogens (tertiary/aromatic N) is 3. The van der Waals surface area contributed by atoms with Crippen LogP contribution in [0.1, 0.15) is 50.0 Å². The van der Waals surface area contributed by atoms with Gasteiger partial charge in [-0.15, -0.1) is 10.2 Å². The molecule has 2 fully saturated rings. The minimum atomic E-state index is 0.0708. The first-order valence-electron chi connectivity index (χ1n) is 11.1. The lowest BCUT2D eigenvalue weighted by Crippen LogP contribution is -2.58. The lowest BCUT2D eigenvalue weighted by molar-refractivity contribution is -0.122. The molecule has 7 heteroatoms. The van der Waals surface area contributed by atoms with Crippen molar-refractivity contribution in [3.63, 3.8) is 0 Å². The van der Waals surface area contributed by atoms with Gasteiger partial charge in [-0.2, -0.15) is 11.8 Å². The number of aromatic nitrogens is 2. The van der Waals surface area contributed by atoms with Crippen LogP contribution in [0.25, 0.3) is 11.5 Å². The lowest BCUT2D eigenvalue weighted by atomic mass is 9.80. The van der Waals surface area contributed by atoms with E-state index in [2.05, 4.69) is 20.4 Å². The van der Waals surface area contributed by atoms with Crippen molar-refractivity contribution in [2.45, 2.75) is 57.4 Å². The Balaban J connectivity index is 1.29. The first-order valence-corrected chi connectivity index (χ1v) is 12.3. The molecule has 0 bridgehead atoms. The highest BCUT2D eigenvalue weighted by Gasteiger charge is 2.38. The molecule has 1 aliphatic heterocycles. The summed E-state index contributed by atoms with van der Waals surface area (Å²) in [6.07, 6.45) is 7.09.